The maximum absolute atomic E-state index is 11.8. The second kappa shape index (κ2) is 7.59. The summed E-state index contributed by atoms with van der Waals surface area (Å²) in [5.74, 6) is 1.91. The van der Waals surface area contributed by atoms with E-state index in [1.165, 1.54) is 6.21 Å². The van der Waals surface area contributed by atoms with Crippen LogP contribution < -0.4 is 10.2 Å². The molecule has 0 unspecified atom stereocenters. The molecular weight excluding hydrogens is 284 g/mol. The van der Waals surface area contributed by atoms with Gasteiger partial charge >= 0.3 is 0 Å². The van der Waals surface area contributed by atoms with Crippen molar-refractivity contribution in [1.29, 1.82) is 0 Å². The predicted molar refractivity (Wildman–Crippen MR) is 81.4 cm³/mol. The number of ether oxygens (including phenoxy) is 3. The number of carbonyl (C=O) groups is 1. The number of amides is 1. The van der Waals surface area contributed by atoms with Crippen molar-refractivity contribution < 1.29 is 19.0 Å². The van der Waals surface area contributed by atoms with Crippen molar-refractivity contribution in [3.63, 3.8) is 0 Å². The third kappa shape index (κ3) is 4.88. The van der Waals surface area contributed by atoms with E-state index in [1.54, 1.807) is 19.1 Å². The zero-order chi connectivity index (χ0) is 15.8. The Hall–Kier alpha value is -2.36. The van der Waals surface area contributed by atoms with Crippen molar-refractivity contribution in [2.45, 2.75) is 19.1 Å². The molecule has 1 aliphatic rings. The number of hydrazone groups is 1. The van der Waals surface area contributed by atoms with Gasteiger partial charge in [-0.15, -0.1) is 6.42 Å². The van der Waals surface area contributed by atoms with E-state index in [-0.39, 0.29) is 18.9 Å². The highest BCUT2D eigenvalue weighted by Crippen LogP contribution is 2.22. The van der Waals surface area contributed by atoms with Gasteiger partial charge in [0.05, 0.1) is 25.8 Å². The molecule has 6 heteroatoms. The van der Waals surface area contributed by atoms with E-state index in [2.05, 4.69) is 16.4 Å². The molecule has 116 valence electrons. The summed E-state index contributed by atoms with van der Waals surface area (Å²) in [7, 11) is 0. The van der Waals surface area contributed by atoms with Crippen LogP contribution in [0.15, 0.2) is 29.4 Å². The van der Waals surface area contributed by atoms with Crippen LogP contribution in [0.5, 0.6) is 5.75 Å². The van der Waals surface area contributed by atoms with Gasteiger partial charge in [0.25, 0.3) is 0 Å². The van der Waals surface area contributed by atoms with Gasteiger partial charge in [-0.25, -0.2) is 5.43 Å². The minimum Gasteiger partial charge on any atom is -0.481 e. The van der Waals surface area contributed by atoms with E-state index in [0.717, 1.165) is 5.56 Å². The van der Waals surface area contributed by atoms with Gasteiger partial charge in [-0.2, -0.15) is 5.10 Å². The second-order valence-electron chi connectivity index (χ2n) is 4.87. The number of carbonyl (C=O) groups excluding carboxylic acids is 1. The molecule has 0 aliphatic carbocycles. The lowest BCUT2D eigenvalue weighted by atomic mass is 10.2. The number of benzene rings is 1. The number of nitrogens with zero attached hydrogens (tertiary/aromatic N) is 1. The first kappa shape index (κ1) is 16.0. The minimum absolute atomic E-state index is 0.0929. The number of rotatable bonds is 6. The fourth-order valence-corrected chi connectivity index (χ4v) is 1.98. The van der Waals surface area contributed by atoms with E-state index in [9.17, 15) is 4.79 Å². The average molecular weight is 302 g/mol. The van der Waals surface area contributed by atoms with Gasteiger partial charge in [-0.1, -0.05) is 18.1 Å². The van der Waals surface area contributed by atoms with Crippen LogP contribution in [-0.2, 0) is 14.3 Å². The van der Waals surface area contributed by atoms with Gasteiger partial charge in [0.15, 0.2) is 5.79 Å². The first-order valence-corrected chi connectivity index (χ1v) is 6.87. The molecule has 1 heterocycles. The first-order chi connectivity index (χ1) is 10.6. The molecule has 1 N–H and O–H groups in total. The van der Waals surface area contributed by atoms with Gasteiger partial charge in [0, 0.05) is 0 Å². The third-order valence-electron chi connectivity index (χ3n) is 2.96. The van der Waals surface area contributed by atoms with Crippen LogP contribution >= 0.6 is 0 Å². The van der Waals surface area contributed by atoms with E-state index >= 15 is 0 Å². The highest BCUT2D eigenvalue weighted by Gasteiger charge is 2.33. The molecule has 0 saturated carbocycles. The van der Waals surface area contributed by atoms with Crippen LogP contribution in [0.25, 0.3) is 0 Å². The van der Waals surface area contributed by atoms with Crippen molar-refractivity contribution in [2.75, 3.05) is 19.8 Å². The van der Waals surface area contributed by atoms with Gasteiger partial charge in [0.1, 0.15) is 12.4 Å². The second-order valence-corrected chi connectivity index (χ2v) is 4.87. The van der Waals surface area contributed by atoms with Gasteiger partial charge in [0.2, 0.25) is 5.91 Å². The summed E-state index contributed by atoms with van der Waals surface area (Å²) >= 11 is 0. The number of terminal acetylenes is 1. The van der Waals surface area contributed by atoms with Crippen LogP contribution in [-0.4, -0.2) is 37.7 Å². The fraction of sp³-hybridized carbons (Fsp3) is 0.375. The monoisotopic (exact) mass is 302 g/mol. The smallest absolute Gasteiger partial charge is 0.245 e. The molecule has 6 nitrogen and oxygen atoms in total. The van der Waals surface area contributed by atoms with E-state index in [4.69, 9.17) is 20.6 Å². The summed E-state index contributed by atoms with van der Waals surface area (Å²) < 4.78 is 16.0. The molecule has 1 aliphatic heterocycles. The van der Waals surface area contributed by atoms with Crippen molar-refractivity contribution >= 4 is 12.1 Å². The minimum atomic E-state index is -0.859. The summed E-state index contributed by atoms with van der Waals surface area (Å²) in [6.45, 7) is 2.93. The molecule has 0 aromatic heterocycles. The molecule has 1 fully saturated rings. The highest BCUT2D eigenvalue weighted by atomic mass is 16.7. The maximum atomic E-state index is 11.8. The fourth-order valence-electron chi connectivity index (χ4n) is 1.98. The molecule has 1 aromatic carbocycles. The normalized spacial score (nSPS) is 16.4. The Kier molecular flexibility index (Phi) is 5.53. The lowest BCUT2D eigenvalue weighted by molar-refractivity contribution is -0.159. The average Bonchev–Trinajstić information content (AvgIpc) is 2.91. The van der Waals surface area contributed by atoms with Gasteiger partial charge in [-0.3, -0.25) is 4.79 Å². The third-order valence-corrected chi connectivity index (χ3v) is 2.96. The molecule has 0 radical (unpaired) electrons. The molecule has 0 spiro atoms. The Bertz CT molecular complexity index is 586. The van der Waals surface area contributed by atoms with Crippen molar-refractivity contribution in [2.24, 2.45) is 5.10 Å². The summed E-state index contributed by atoms with van der Waals surface area (Å²) in [4.78, 5) is 11.8. The highest BCUT2D eigenvalue weighted by molar-refractivity contribution is 5.83. The Morgan fingerprint density at radius 3 is 3.05 bits per heavy atom. The summed E-state index contributed by atoms with van der Waals surface area (Å²) in [5, 5.41) is 3.90. The zero-order valence-electron chi connectivity index (χ0n) is 12.4. The van der Waals surface area contributed by atoms with Crippen molar-refractivity contribution in [1.82, 2.24) is 5.43 Å². The molecule has 1 aromatic rings. The molecule has 1 saturated heterocycles. The quantitative estimate of drug-likeness (QED) is 0.488. The number of hydrogen-bond acceptors (Lipinski definition) is 5. The summed E-state index contributed by atoms with van der Waals surface area (Å²) in [5.41, 5.74) is 3.23. The van der Waals surface area contributed by atoms with Gasteiger partial charge in [-0.05, 0) is 24.6 Å². The van der Waals surface area contributed by atoms with E-state index < -0.39 is 5.79 Å². The number of nitrogens with one attached hydrogen (secondary N) is 1. The predicted octanol–water partition coefficient (Wildman–Crippen LogP) is 1.30. The Morgan fingerprint density at radius 2 is 2.32 bits per heavy atom. The first-order valence-electron chi connectivity index (χ1n) is 6.87. The summed E-state index contributed by atoms with van der Waals surface area (Å²) in [6, 6.07) is 7.22. The molecule has 1 amide bonds. The van der Waals surface area contributed by atoms with Crippen LogP contribution in [0.4, 0.5) is 0 Å². The largest absolute Gasteiger partial charge is 0.481 e. The van der Waals surface area contributed by atoms with Crippen LogP contribution in [0.3, 0.4) is 0 Å². The van der Waals surface area contributed by atoms with Crippen LogP contribution in [0, 0.1) is 12.3 Å². The molecule has 0 bridgehead atoms. The molecule has 0 atom stereocenters. The molecule has 2 rings (SSSR count). The molecular formula is C16H18N2O4. The van der Waals surface area contributed by atoms with E-state index in [1.807, 2.05) is 12.1 Å². The SMILES string of the molecule is C#CCOc1cccc(C=NNC(=O)CC2(C)OCCO2)c1. The van der Waals surface area contributed by atoms with Crippen molar-refractivity contribution in [3.05, 3.63) is 29.8 Å². The van der Waals surface area contributed by atoms with Crippen LogP contribution in [0.1, 0.15) is 18.9 Å². The number of hydrogen-bond donors (Lipinski definition) is 1. The van der Waals surface area contributed by atoms with Crippen molar-refractivity contribution in [3.8, 4) is 18.1 Å². The maximum Gasteiger partial charge on any atom is 0.245 e. The molecule has 22 heavy (non-hydrogen) atoms. The van der Waals surface area contributed by atoms with Crippen LogP contribution in [0.2, 0.25) is 0 Å². The lowest BCUT2D eigenvalue weighted by Gasteiger charge is -2.20. The Balaban J connectivity index is 1.84. The lowest BCUT2D eigenvalue weighted by Crippen LogP contribution is -2.33. The topological polar surface area (TPSA) is 69.2 Å². The summed E-state index contributed by atoms with van der Waals surface area (Å²) in [6.07, 6.45) is 6.76. The zero-order valence-corrected chi connectivity index (χ0v) is 12.4. The van der Waals surface area contributed by atoms with Gasteiger partial charge < -0.3 is 14.2 Å². The standard InChI is InChI=1S/C16H18N2O4/c1-3-7-20-14-6-4-5-13(10-14)12-17-18-15(19)11-16(2)21-8-9-22-16/h1,4-6,10,12H,7-9,11H2,2H3,(H,18,19). The Morgan fingerprint density at radius 1 is 1.55 bits per heavy atom. The Labute approximate surface area is 129 Å². The van der Waals surface area contributed by atoms with E-state index in [0.29, 0.717) is 19.0 Å².